The summed E-state index contributed by atoms with van der Waals surface area (Å²) >= 11 is 0. The van der Waals surface area contributed by atoms with Crippen LogP contribution in [0.25, 0.3) is 0 Å². The lowest BCUT2D eigenvalue weighted by atomic mass is 10.1. The number of hydrogen-bond acceptors (Lipinski definition) is 5. The van der Waals surface area contributed by atoms with Crippen molar-refractivity contribution in [2.75, 3.05) is 0 Å². The van der Waals surface area contributed by atoms with E-state index in [0.29, 0.717) is 11.1 Å². The van der Waals surface area contributed by atoms with E-state index in [-0.39, 0.29) is 24.5 Å². The summed E-state index contributed by atoms with van der Waals surface area (Å²) in [5.41, 5.74) is 2.01. The zero-order chi connectivity index (χ0) is 16.8. The number of carbonyl (C=O) groups excluding carboxylic acids is 2. The second kappa shape index (κ2) is 7.31. The van der Waals surface area contributed by atoms with Crippen LogP contribution in [-0.4, -0.2) is 16.7 Å². The van der Waals surface area contributed by atoms with Gasteiger partial charge in [0.15, 0.2) is 5.78 Å². The summed E-state index contributed by atoms with van der Waals surface area (Å²) in [7, 11) is 0. The van der Waals surface area contributed by atoms with Crippen LogP contribution >= 0.6 is 0 Å². The minimum Gasteiger partial charge on any atom is -0.461 e. The summed E-state index contributed by atoms with van der Waals surface area (Å²) in [6.07, 6.45) is 0.102. The predicted octanol–water partition coefficient (Wildman–Crippen LogP) is 3.08. The fourth-order valence-electron chi connectivity index (χ4n) is 1.95. The maximum Gasteiger partial charge on any atom is 0.310 e. The molecule has 2 aromatic carbocycles. The van der Waals surface area contributed by atoms with E-state index in [1.807, 2.05) is 0 Å². The Hall–Kier alpha value is -3.02. The number of benzene rings is 2. The first-order valence-corrected chi connectivity index (χ1v) is 6.94. The molecule has 0 saturated carbocycles. The topological polar surface area (TPSA) is 86.5 Å². The van der Waals surface area contributed by atoms with Gasteiger partial charge in [0.2, 0.25) is 0 Å². The fraction of sp³-hybridized carbons (Fsp3) is 0.176. The van der Waals surface area contributed by atoms with Crippen molar-refractivity contribution in [1.29, 1.82) is 0 Å². The standard InChI is InChI=1S/C17H15NO5/c1-12(19)15-6-2-13(3-7-15)10-17(20)23-11-14-4-8-16(9-5-14)18(21)22/h2-9H,10-11H2,1H3. The van der Waals surface area contributed by atoms with Crippen LogP contribution in [0.1, 0.15) is 28.4 Å². The van der Waals surface area contributed by atoms with Gasteiger partial charge in [-0.25, -0.2) is 0 Å². The summed E-state index contributed by atoms with van der Waals surface area (Å²) in [5, 5.41) is 10.5. The number of nitrogens with zero attached hydrogens (tertiary/aromatic N) is 1. The van der Waals surface area contributed by atoms with Gasteiger partial charge in [0.25, 0.3) is 5.69 Å². The van der Waals surface area contributed by atoms with Gasteiger partial charge in [0.1, 0.15) is 6.61 Å². The van der Waals surface area contributed by atoms with Crippen molar-refractivity contribution in [3.05, 3.63) is 75.3 Å². The van der Waals surface area contributed by atoms with Crippen LogP contribution < -0.4 is 0 Å². The third-order valence-corrected chi connectivity index (χ3v) is 3.26. The molecule has 0 atom stereocenters. The van der Waals surface area contributed by atoms with Crippen LogP contribution in [0.2, 0.25) is 0 Å². The third-order valence-electron chi connectivity index (χ3n) is 3.26. The van der Waals surface area contributed by atoms with E-state index in [2.05, 4.69) is 0 Å². The van der Waals surface area contributed by atoms with E-state index < -0.39 is 10.9 Å². The van der Waals surface area contributed by atoms with Gasteiger partial charge >= 0.3 is 5.97 Å². The first-order chi connectivity index (χ1) is 11.0. The van der Waals surface area contributed by atoms with Crippen molar-refractivity contribution < 1.29 is 19.2 Å². The Morgan fingerprint density at radius 2 is 1.57 bits per heavy atom. The van der Waals surface area contributed by atoms with Gasteiger partial charge < -0.3 is 4.74 Å². The maximum atomic E-state index is 11.8. The van der Waals surface area contributed by atoms with Crippen LogP contribution in [0.4, 0.5) is 5.69 Å². The highest BCUT2D eigenvalue weighted by atomic mass is 16.6. The SMILES string of the molecule is CC(=O)c1ccc(CC(=O)OCc2ccc([N+](=O)[O-])cc2)cc1. The molecule has 0 aliphatic carbocycles. The number of nitro benzene ring substituents is 1. The van der Waals surface area contributed by atoms with E-state index in [4.69, 9.17) is 4.74 Å². The van der Waals surface area contributed by atoms with Gasteiger partial charge in [0, 0.05) is 17.7 Å². The molecule has 0 unspecified atom stereocenters. The van der Waals surface area contributed by atoms with E-state index in [0.717, 1.165) is 5.56 Å². The molecule has 0 heterocycles. The predicted molar refractivity (Wildman–Crippen MR) is 83.0 cm³/mol. The Balaban J connectivity index is 1.87. The fourth-order valence-corrected chi connectivity index (χ4v) is 1.95. The second-order valence-electron chi connectivity index (χ2n) is 5.01. The highest BCUT2D eigenvalue weighted by molar-refractivity contribution is 5.94. The summed E-state index contributed by atoms with van der Waals surface area (Å²) in [5.74, 6) is -0.434. The molecule has 0 N–H and O–H groups in total. The number of hydrogen-bond donors (Lipinski definition) is 0. The van der Waals surface area contributed by atoms with Crippen molar-refractivity contribution >= 4 is 17.4 Å². The molecule has 0 spiro atoms. The van der Waals surface area contributed by atoms with Gasteiger partial charge in [-0.3, -0.25) is 19.7 Å². The smallest absolute Gasteiger partial charge is 0.310 e. The van der Waals surface area contributed by atoms with Crippen molar-refractivity contribution in [3.8, 4) is 0 Å². The molecule has 0 fully saturated rings. The van der Waals surface area contributed by atoms with Crippen molar-refractivity contribution in [2.45, 2.75) is 20.0 Å². The number of esters is 1. The molecule has 0 aliphatic rings. The maximum absolute atomic E-state index is 11.8. The molecule has 0 aromatic heterocycles. The average Bonchev–Trinajstić information content (AvgIpc) is 2.54. The van der Waals surface area contributed by atoms with E-state index in [1.165, 1.54) is 19.1 Å². The minimum atomic E-state index is -0.486. The van der Waals surface area contributed by atoms with Crippen molar-refractivity contribution in [3.63, 3.8) is 0 Å². The number of carbonyl (C=O) groups is 2. The molecule has 0 aliphatic heterocycles. The number of ketones is 1. The van der Waals surface area contributed by atoms with Crippen LogP contribution in [-0.2, 0) is 22.6 Å². The van der Waals surface area contributed by atoms with Crippen LogP contribution in [0.3, 0.4) is 0 Å². The van der Waals surface area contributed by atoms with E-state index >= 15 is 0 Å². The largest absolute Gasteiger partial charge is 0.461 e. The summed E-state index contributed by atoms with van der Waals surface area (Å²) in [6.45, 7) is 1.54. The lowest BCUT2D eigenvalue weighted by molar-refractivity contribution is -0.384. The average molecular weight is 313 g/mol. The lowest BCUT2D eigenvalue weighted by Gasteiger charge is -2.05. The van der Waals surface area contributed by atoms with Gasteiger partial charge in [-0.05, 0) is 30.2 Å². The molecule has 6 heteroatoms. The van der Waals surface area contributed by atoms with Crippen molar-refractivity contribution in [2.24, 2.45) is 0 Å². The number of nitro groups is 1. The molecule has 0 bridgehead atoms. The highest BCUT2D eigenvalue weighted by Gasteiger charge is 2.08. The number of Topliss-reactive ketones (excluding diaryl/α,β-unsaturated/α-hetero) is 1. The molecule has 0 saturated heterocycles. The number of ether oxygens (including phenoxy) is 1. The van der Waals surface area contributed by atoms with Crippen LogP contribution in [0, 0.1) is 10.1 Å². The van der Waals surface area contributed by atoms with Gasteiger partial charge in [-0.15, -0.1) is 0 Å². The van der Waals surface area contributed by atoms with E-state index in [1.54, 1.807) is 36.4 Å². The highest BCUT2D eigenvalue weighted by Crippen LogP contribution is 2.13. The zero-order valence-corrected chi connectivity index (χ0v) is 12.5. The monoisotopic (exact) mass is 313 g/mol. The Bertz CT molecular complexity index is 720. The Labute approximate surface area is 132 Å². The molecule has 2 rings (SSSR count). The normalized spacial score (nSPS) is 10.1. The summed E-state index contributed by atoms with van der Waals surface area (Å²) in [4.78, 5) is 33.0. The summed E-state index contributed by atoms with van der Waals surface area (Å²) < 4.78 is 5.13. The first-order valence-electron chi connectivity index (χ1n) is 6.94. The Morgan fingerprint density at radius 3 is 2.09 bits per heavy atom. The molecule has 118 valence electrons. The van der Waals surface area contributed by atoms with Gasteiger partial charge in [-0.1, -0.05) is 24.3 Å². The number of rotatable bonds is 6. The Kier molecular flexibility index (Phi) is 5.19. The molecule has 23 heavy (non-hydrogen) atoms. The second-order valence-corrected chi connectivity index (χ2v) is 5.01. The van der Waals surface area contributed by atoms with Crippen molar-refractivity contribution in [1.82, 2.24) is 0 Å². The quantitative estimate of drug-likeness (QED) is 0.354. The molecule has 6 nitrogen and oxygen atoms in total. The lowest BCUT2D eigenvalue weighted by Crippen LogP contribution is -2.08. The summed E-state index contributed by atoms with van der Waals surface area (Å²) in [6, 6.07) is 12.6. The van der Waals surface area contributed by atoms with Crippen LogP contribution in [0.15, 0.2) is 48.5 Å². The Morgan fingerprint density at radius 1 is 1.00 bits per heavy atom. The van der Waals surface area contributed by atoms with E-state index in [9.17, 15) is 19.7 Å². The molecule has 2 aromatic rings. The molecular weight excluding hydrogens is 298 g/mol. The first kappa shape index (κ1) is 16.4. The third kappa shape index (κ3) is 4.74. The molecular formula is C17H15NO5. The van der Waals surface area contributed by atoms with Gasteiger partial charge in [-0.2, -0.15) is 0 Å². The van der Waals surface area contributed by atoms with Gasteiger partial charge in [0.05, 0.1) is 11.3 Å². The number of non-ortho nitro benzene ring substituents is 1. The zero-order valence-electron chi connectivity index (χ0n) is 12.5. The molecule has 0 radical (unpaired) electrons. The van der Waals surface area contributed by atoms with Crippen LogP contribution in [0.5, 0.6) is 0 Å². The minimum absolute atomic E-state index is 0.00867. The molecule has 0 amide bonds.